The fourth-order valence-corrected chi connectivity index (χ4v) is 5.02. The van der Waals surface area contributed by atoms with Crippen LogP contribution in [0.25, 0.3) is 0 Å². The third-order valence-electron chi connectivity index (χ3n) is 6.36. The molecular weight excluding hydrogens is 495 g/mol. The van der Waals surface area contributed by atoms with Crippen LogP contribution in [-0.2, 0) is 19.6 Å². The summed E-state index contributed by atoms with van der Waals surface area (Å²) in [6, 6.07) is 23.3. The molecule has 0 fully saturated rings. The van der Waals surface area contributed by atoms with E-state index in [1.165, 1.54) is 0 Å². The van der Waals surface area contributed by atoms with E-state index in [-0.39, 0.29) is 5.56 Å². The largest absolute Gasteiger partial charge is 0.497 e. The average molecular weight is 521 g/mol. The summed E-state index contributed by atoms with van der Waals surface area (Å²) < 4.78 is 7.03. The number of ether oxygens (including phenoxy) is 1. The molecular formula is C28H26Cl2N4O2. The average Bonchev–Trinajstić information content (AvgIpc) is 2.88. The second kappa shape index (κ2) is 10.3. The van der Waals surface area contributed by atoms with Gasteiger partial charge in [0.15, 0.2) is 0 Å². The smallest absolute Gasteiger partial charge is 0.259 e. The Morgan fingerprint density at radius 3 is 2.39 bits per heavy atom. The highest BCUT2D eigenvalue weighted by atomic mass is 35.5. The maximum atomic E-state index is 13.8. The molecule has 0 aliphatic carbocycles. The second-order valence-corrected chi connectivity index (χ2v) is 9.70. The first-order chi connectivity index (χ1) is 17.4. The summed E-state index contributed by atoms with van der Waals surface area (Å²) in [5.41, 5.74) is 4.29. The third kappa shape index (κ3) is 4.98. The van der Waals surface area contributed by atoms with E-state index in [0.717, 1.165) is 22.6 Å². The Kier molecular flexibility index (Phi) is 7.01. The standard InChI is InChI=1S/C28H26Cl2N4O2/c1-19-24(14-20-6-4-3-5-7-20)27(35)34-18-32(16-21-8-11-23(36-2)12-9-21)17-33(28(34)31-19)26-13-10-22(29)15-25(26)30/h3-13,15H,14,16-18H2,1-2H3. The molecule has 4 aromatic rings. The lowest BCUT2D eigenvalue weighted by molar-refractivity contribution is 0.189. The van der Waals surface area contributed by atoms with Gasteiger partial charge in [0.05, 0.1) is 36.9 Å². The molecule has 1 aliphatic heterocycles. The SMILES string of the molecule is COc1ccc(CN2CN(c3ccc(Cl)cc3Cl)c3nc(C)c(Cc4ccccc4)c(=O)n3C2)cc1. The number of anilines is 2. The maximum Gasteiger partial charge on any atom is 0.259 e. The fraction of sp³-hybridized carbons (Fsp3) is 0.214. The van der Waals surface area contributed by atoms with Gasteiger partial charge in [-0.15, -0.1) is 0 Å². The molecule has 0 spiro atoms. The summed E-state index contributed by atoms with van der Waals surface area (Å²) in [6.07, 6.45) is 0.527. The number of nitrogens with zero attached hydrogens (tertiary/aromatic N) is 4. The number of hydrogen-bond acceptors (Lipinski definition) is 5. The lowest BCUT2D eigenvalue weighted by atomic mass is 10.1. The van der Waals surface area contributed by atoms with Gasteiger partial charge < -0.3 is 4.74 Å². The summed E-state index contributed by atoms with van der Waals surface area (Å²) in [6.45, 7) is 3.46. The first-order valence-corrected chi connectivity index (χ1v) is 12.4. The predicted octanol–water partition coefficient (Wildman–Crippen LogP) is 6.03. The van der Waals surface area contributed by atoms with Gasteiger partial charge in [0.2, 0.25) is 5.95 Å². The van der Waals surface area contributed by atoms with Gasteiger partial charge in [-0.2, -0.15) is 0 Å². The topological polar surface area (TPSA) is 50.6 Å². The van der Waals surface area contributed by atoms with Crippen LogP contribution in [0.4, 0.5) is 11.6 Å². The molecule has 0 saturated heterocycles. The highest BCUT2D eigenvalue weighted by molar-refractivity contribution is 6.36. The zero-order valence-corrected chi connectivity index (χ0v) is 21.6. The van der Waals surface area contributed by atoms with Crippen LogP contribution in [0, 0.1) is 6.92 Å². The van der Waals surface area contributed by atoms with Gasteiger partial charge in [0.25, 0.3) is 5.56 Å². The highest BCUT2D eigenvalue weighted by Gasteiger charge is 2.29. The molecule has 5 rings (SSSR count). The van der Waals surface area contributed by atoms with Crippen LogP contribution in [0.15, 0.2) is 77.6 Å². The van der Waals surface area contributed by atoms with E-state index in [9.17, 15) is 4.79 Å². The minimum absolute atomic E-state index is 0.0455. The van der Waals surface area contributed by atoms with Crippen molar-refractivity contribution in [3.05, 3.63) is 116 Å². The molecule has 3 aromatic carbocycles. The molecule has 0 unspecified atom stereocenters. The normalized spacial score (nSPS) is 13.5. The molecule has 1 aromatic heterocycles. The van der Waals surface area contributed by atoms with Crippen LogP contribution in [-0.4, -0.2) is 28.2 Å². The van der Waals surface area contributed by atoms with E-state index in [1.54, 1.807) is 23.8 Å². The quantitative estimate of drug-likeness (QED) is 0.310. The van der Waals surface area contributed by atoms with Gasteiger partial charge in [0, 0.05) is 23.6 Å². The zero-order valence-electron chi connectivity index (χ0n) is 20.1. The Morgan fingerprint density at radius 2 is 1.69 bits per heavy atom. The van der Waals surface area contributed by atoms with Gasteiger partial charge in [-0.3, -0.25) is 19.2 Å². The fourth-order valence-electron chi connectivity index (χ4n) is 4.50. The van der Waals surface area contributed by atoms with Gasteiger partial charge in [-0.25, -0.2) is 4.98 Å². The van der Waals surface area contributed by atoms with Gasteiger partial charge in [-0.1, -0.05) is 65.7 Å². The third-order valence-corrected chi connectivity index (χ3v) is 6.90. The first-order valence-electron chi connectivity index (χ1n) is 11.6. The Morgan fingerprint density at radius 1 is 0.944 bits per heavy atom. The molecule has 36 heavy (non-hydrogen) atoms. The Hall–Kier alpha value is -3.32. The van der Waals surface area contributed by atoms with Crippen molar-refractivity contribution in [1.82, 2.24) is 14.5 Å². The number of benzene rings is 3. The summed E-state index contributed by atoms with van der Waals surface area (Å²) in [5, 5.41) is 1.05. The predicted molar refractivity (Wildman–Crippen MR) is 144 cm³/mol. The molecule has 0 N–H and O–H groups in total. The molecule has 6 nitrogen and oxygen atoms in total. The monoisotopic (exact) mass is 520 g/mol. The van der Waals surface area contributed by atoms with E-state index in [4.69, 9.17) is 32.9 Å². The van der Waals surface area contributed by atoms with E-state index < -0.39 is 0 Å². The molecule has 184 valence electrons. The van der Waals surface area contributed by atoms with Crippen molar-refractivity contribution in [2.24, 2.45) is 0 Å². The van der Waals surface area contributed by atoms with Crippen molar-refractivity contribution in [3.8, 4) is 5.75 Å². The van der Waals surface area contributed by atoms with Crippen LogP contribution in [0.3, 0.4) is 0 Å². The van der Waals surface area contributed by atoms with Crippen molar-refractivity contribution >= 4 is 34.8 Å². The van der Waals surface area contributed by atoms with Crippen LogP contribution in [0.5, 0.6) is 5.75 Å². The summed E-state index contributed by atoms with van der Waals surface area (Å²) >= 11 is 12.8. The lowest BCUT2D eigenvalue weighted by Crippen LogP contribution is -2.47. The number of rotatable bonds is 6. The minimum atomic E-state index is -0.0455. The molecule has 0 amide bonds. The van der Waals surface area contributed by atoms with Crippen molar-refractivity contribution in [3.63, 3.8) is 0 Å². The van der Waals surface area contributed by atoms with Crippen LogP contribution < -0.4 is 15.2 Å². The van der Waals surface area contributed by atoms with Crippen molar-refractivity contribution in [2.45, 2.75) is 26.6 Å². The molecule has 0 radical (unpaired) electrons. The van der Waals surface area contributed by atoms with E-state index >= 15 is 0 Å². The van der Waals surface area contributed by atoms with Gasteiger partial charge >= 0.3 is 0 Å². The first kappa shape index (κ1) is 24.4. The minimum Gasteiger partial charge on any atom is -0.497 e. The van der Waals surface area contributed by atoms with Crippen LogP contribution in [0.1, 0.15) is 22.4 Å². The molecule has 1 aliphatic rings. The van der Waals surface area contributed by atoms with Crippen LogP contribution >= 0.6 is 23.2 Å². The van der Waals surface area contributed by atoms with Gasteiger partial charge in [-0.05, 0) is 48.4 Å². The molecule has 0 atom stereocenters. The zero-order chi connectivity index (χ0) is 25.2. The number of fused-ring (bicyclic) bond motifs is 1. The van der Waals surface area contributed by atoms with E-state index in [0.29, 0.717) is 53.6 Å². The number of halogens is 2. The Labute approximate surface area is 220 Å². The second-order valence-electron chi connectivity index (χ2n) is 8.85. The summed E-state index contributed by atoms with van der Waals surface area (Å²) in [7, 11) is 1.65. The molecule has 0 bridgehead atoms. The summed E-state index contributed by atoms with van der Waals surface area (Å²) in [5.74, 6) is 1.38. The molecule has 2 heterocycles. The molecule has 8 heteroatoms. The van der Waals surface area contributed by atoms with Gasteiger partial charge in [0.1, 0.15) is 5.75 Å². The van der Waals surface area contributed by atoms with Crippen molar-refractivity contribution in [2.75, 3.05) is 18.7 Å². The summed E-state index contributed by atoms with van der Waals surface area (Å²) in [4.78, 5) is 22.9. The van der Waals surface area contributed by atoms with Crippen molar-refractivity contribution < 1.29 is 4.74 Å². The van der Waals surface area contributed by atoms with Crippen LogP contribution in [0.2, 0.25) is 10.0 Å². The number of hydrogen-bond donors (Lipinski definition) is 0. The highest BCUT2D eigenvalue weighted by Crippen LogP contribution is 2.35. The number of aromatic nitrogens is 2. The van der Waals surface area contributed by atoms with E-state index in [1.807, 2.05) is 72.5 Å². The van der Waals surface area contributed by atoms with E-state index in [2.05, 4.69) is 4.90 Å². The number of methoxy groups -OCH3 is 1. The maximum absolute atomic E-state index is 13.8. The van der Waals surface area contributed by atoms with Crippen molar-refractivity contribution in [1.29, 1.82) is 0 Å². The molecule has 0 saturated carbocycles. The lowest BCUT2D eigenvalue weighted by Gasteiger charge is -2.38. The Bertz CT molecular complexity index is 1440. The number of aryl methyl sites for hydroxylation is 1. The Balaban J connectivity index is 1.57.